The van der Waals surface area contributed by atoms with E-state index in [1.807, 2.05) is 44.2 Å². The maximum Gasteiger partial charge on any atom is 0.413 e. The highest BCUT2D eigenvalue weighted by atomic mass is 35.5. The molecule has 0 atom stereocenters. The number of rotatable bonds is 5. The number of anilines is 1. The molecule has 26 heavy (non-hydrogen) atoms. The van der Waals surface area contributed by atoms with E-state index in [9.17, 15) is 4.79 Å². The summed E-state index contributed by atoms with van der Waals surface area (Å²) in [6, 6.07) is 12.1. The van der Waals surface area contributed by atoms with Crippen molar-refractivity contribution in [3.05, 3.63) is 53.9 Å². The summed E-state index contributed by atoms with van der Waals surface area (Å²) in [5.41, 5.74) is 4.88. The van der Waals surface area contributed by atoms with Crippen molar-refractivity contribution in [1.29, 1.82) is 0 Å². The Hall–Kier alpha value is -2.44. The molecule has 5 nitrogen and oxygen atoms in total. The zero-order valence-corrected chi connectivity index (χ0v) is 16.0. The van der Waals surface area contributed by atoms with Gasteiger partial charge in [-0.15, -0.1) is 11.6 Å². The summed E-state index contributed by atoms with van der Waals surface area (Å²) in [7, 11) is 0. The molecule has 2 aromatic heterocycles. The predicted octanol–water partition coefficient (Wildman–Crippen LogP) is 5.28. The minimum atomic E-state index is -0.562. The summed E-state index contributed by atoms with van der Waals surface area (Å²) in [6.45, 7) is 4.13. The Morgan fingerprint density at radius 1 is 1.23 bits per heavy atom. The molecule has 0 radical (unpaired) electrons. The molecule has 1 amide bonds. The Morgan fingerprint density at radius 3 is 2.81 bits per heavy atom. The molecule has 1 aromatic carbocycles. The fourth-order valence-electron chi connectivity index (χ4n) is 2.50. The normalized spacial score (nSPS) is 10.6. The number of hydrogen-bond donors (Lipinski definition) is 1. The number of nitrogens with one attached hydrogen (secondary N) is 1. The van der Waals surface area contributed by atoms with E-state index >= 15 is 0 Å². The van der Waals surface area contributed by atoms with Crippen molar-refractivity contribution in [3.63, 3.8) is 0 Å². The number of aromatic nitrogens is 2. The zero-order valence-electron chi connectivity index (χ0n) is 14.5. The van der Waals surface area contributed by atoms with Gasteiger partial charge in [-0.1, -0.05) is 35.1 Å². The Morgan fingerprint density at radius 2 is 2.08 bits per heavy atom. The van der Waals surface area contributed by atoms with Gasteiger partial charge < -0.3 is 4.74 Å². The van der Waals surface area contributed by atoms with Gasteiger partial charge in [-0.3, -0.25) is 10.3 Å². The van der Waals surface area contributed by atoms with E-state index in [1.165, 1.54) is 11.3 Å². The van der Waals surface area contributed by atoms with Crippen molar-refractivity contribution < 1.29 is 9.53 Å². The summed E-state index contributed by atoms with van der Waals surface area (Å²) in [4.78, 5) is 21.7. The highest BCUT2D eigenvalue weighted by Crippen LogP contribution is 2.39. The van der Waals surface area contributed by atoms with Gasteiger partial charge in [0.05, 0.1) is 16.5 Å². The molecular formula is C19H18ClN3O2S. The van der Waals surface area contributed by atoms with Gasteiger partial charge in [-0.2, -0.15) is 0 Å². The van der Waals surface area contributed by atoms with Crippen molar-refractivity contribution in [1.82, 2.24) is 9.97 Å². The number of thiazole rings is 1. The first-order chi connectivity index (χ1) is 12.6. The molecule has 1 N–H and O–H groups in total. The molecule has 0 aliphatic carbocycles. The second-order valence-electron chi connectivity index (χ2n) is 5.70. The monoisotopic (exact) mass is 387 g/mol. The predicted molar refractivity (Wildman–Crippen MR) is 106 cm³/mol. The van der Waals surface area contributed by atoms with Crippen LogP contribution in [0.5, 0.6) is 0 Å². The molecule has 7 heteroatoms. The second kappa shape index (κ2) is 8.29. The molecule has 2 heterocycles. The molecule has 0 fully saturated rings. The smallest absolute Gasteiger partial charge is 0.413 e. The molecule has 134 valence electrons. The summed E-state index contributed by atoms with van der Waals surface area (Å²) in [5.74, 6) is 0.251. The van der Waals surface area contributed by atoms with E-state index < -0.39 is 6.09 Å². The van der Waals surface area contributed by atoms with Gasteiger partial charge in [-0.25, -0.2) is 9.78 Å². The quantitative estimate of drug-likeness (QED) is 0.605. The van der Waals surface area contributed by atoms with E-state index in [-0.39, 0.29) is 12.5 Å². The van der Waals surface area contributed by atoms with E-state index in [0.29, 0.717) is 5.13 Å². The molecule has 0 saturated carbocycles. The van der Waals surface area contributed by atoms with Gasteiger partial charge in [-0.05, 0) is 37.6 Å². The maximum absolute atomic E-state index is 11.8. The summed E-state index contributed by atoms with van der Waals surface area (Å²) in [5, 5.41) is 3.16. The highest BCUT2D eigenvalue weighted by molar-refractivity contribution is 7.19. The third-order valence-corrected chi connectivity index (χ3v) is 4.77. The number of nitrogens with zero attached hydrogens (tertiary/aromatic N) is 2. The summed E-state index contributed by atoms with van der Waals surface area (Å²) >= 11 is 6.94. The third-order valence-electron chi connectivity index (χ3n) is 3.60. The molecule has 0 unspecified atom stereocenters. The van der Waals surface area contributed by atoms with E-state index in [1.54, 1.807) is 6.20 Å². The molecule has 0 aliphatic heterocycles. The van der Waals surface area contributed by atoms with Crippen LogP contribution in [-0.4, -0.2) is 28.5 Å². The lowest BCUT2D eigenvalue weighted by atomic mass is 10.1. The largest absolute Gasteiger partial charge is 0.448 e. The van der Waals surface area contributed by atoms with Crippen LogP contribution in [0, 0.1) is 13.8 Å². The number of aryl methyl sites for hydroxylation is 2. The molecule has 3 rings (SSSR count). The van der Waals surface area contributed by atoms with E-state index in [0.717, 1.165) is 33.0 Å². The molecular weight excluding hydrogens is 370 g/mol. The average Bonchev–Trinajstić information content (AvgIpc) is 3.04. The highest BCUT2D eigenvalue weighted by Gasteiger charge is 2.17. The Bertz CT molecular complexity index is 864. The average molecular weight is 388 g/mol. The zero-order chi connectivity index (χ0) is 18.5. The van der Waals surface area contributed by atoms with Crippen LogP contribution in [0.3, 0.4) is 0 Å². The fourth-order valence-corrected chi connectivity index (χ4v) is 3.55. The van der Waals surface area contributed by atoms with Crippen LogP contribution in [0.2, 0.25) is 0 Å². The molecule has 0 aliphatic rings. The molecule has 0 bridgehead atoms. The van der Waals surface area contributed by atoms with Gasteiger partial charge in [0, 0.05) is 17.5 Å². The first-order valence-corrected chi connectivity index (χ1v) is 9.42. The summed E-state index contributed by atoms with van der Waals surface area (Å²) in [6.07, 6.45) is 1.21. The standard InChI is InChI=1S/C19H18ClN3O2S/c1-12-4-3-5-14(10-12)16-17(15-6-8-21-13(2)11-15)26-18(22-16)23-19(24)25-9-7-20/h3-6,8,10-11H,7,9H2,1-2H3,(H,22,23,24). The number of ether oxygens (including phenoxy) is 1. The Labute approximate surface area is 161 Å². The Kier molecular flexibility index (Phi) is 5.85. The van der Waals surface area contributed by atoms with Crippen molar-refractivity contribution in [2.24, 2.45) is 0 Å². The number of alkyl halides is 1. The molecule has 0 spiro atoms. The molecule has 0 saturated heterocycles. The molecule has 3 aromatic rings. The minimum absolute atomic E-state index is 0.153. The topological polar surface area (TPSA) is 64.1 Å². The fraction of sp³-hybridized carbons (Fsp3) is 0.211. The van der Waals surface area contributed by atoms with Crippen LogP contribution >= 0.6 is 22.9 Å². The lowest BCUT2D eigenvalue weighted by Gasteiger charge is -2.04. The van der Waals surface area contributed by atoms with Gasteiger partial charge in [0.25, 0.3) is 0 Å². The third kappa shape index (κ3) is 4.39. The number of amides is 1. The van der Waals surface area contributed by atoms with Gasteiger partial charge in [0.2, 0.25) is 0 Å². The second-order valence-corrected chi connectivity index (χ2v) is 7.08. The maximum atomic E-state index is 11.8. The van der Waals surface area contributed by atoms with Crippen LogP contribution in [0.25, 0.3) is 21.7 Å². The van der Waals surface area contributed by atoms with Crippen LogP contribution in [0.15, 0.2) is 42.6 Å². The van der Waals surface area contributed by atoms with Crippen LogP contribution in [-0.2, 0) is 4.74 Å². The minimum Gasteiger partial charge on any atom is -0.448 e. The summed E-state index contributed by atoms with van der Waals surface area (Å²) < 4.78 is 4.97. The van der Waals surface area contributed by atoms with Crippen molar-refractivity contribution >= 4 is 34.2 Å². The van der Waals surface area contributed by atoms with E-state index in [2.05, 4.69) is 21.4 Å². The van der Waals surface area contributed by atoms with Gasteiger partial charge in [0.15, 0.2) is 5.13 Å². The first-order valence-electron chi connectivity index (χ1n) is 8.07. The number of halogens is 1. The number of pyridine rings is 1. The number of carbonyl (C=O) groups excluding carboxylic acids is 1. The van der Waals surface area contributed by atoms with Crippen LogP contribution in [0.1, 0.15) is 11.3 Å². The van der Waals surface area contributed by atoms with Crippen LogP contribution in [0.4, 0.5) is 9.93 Å². The lowest BCUT2D eigenvalue weighted by molar-refractivity contribution is 0.168. The lowest BCUT2D eigenvalue weighted by Crippen LogP contribution is -2.14. The van der Waals surface area contributed by atoms with Gasteiger partial charge in [0.1, 0.15) is 6.61 Å². The van der Waals surface area contributed by atoms with E-state index in [4.69, 9.17) is 16.3 Å². The SMILES string of the molecule is Cc1cccc(-c2nc(NC(=O)OCCCl)sc2-c2ccnc(C)c2)c1. The van der Waals surface area contributed by atoms with Crippen molar-refractivity contribution in [2.75, 3.05) is 17.8 Å². The Balaban J connectivity index is 2.02. The van der Waals surface area contributed by atoms with Crippen LogP contribution < -0.4 is 5.32 Å². The van der Waals surface area contributed by atoms with Gasteiger partial charge >= 0.3 is 6.09 Å². The number of hydrogen-bond acceptors (Lipinski definition) is 5. The first kappa shape index (κ1) is 18.4. The van der Waals surface area contributed by atoms with Crippen molar-refractivity contribution in [2.45, 2.75) is 13.8 Å². The number of carbonyl (C=O) groups is 1. The van der Waals surface area contributed by atoms with Crippen molar-refractivity contribution in [3.8, 4) is 21.7 Å². The number of benzene rings is 1.